The summed E-state index contributed by atoms with van der Waals surface area (Å²) in [5, 5.41) is 0. The second kappa shape index (κ2) is 4.23. The number of halogens is 1. The van der Waals surface area contributed by atoms with Crippen molar-refractivity contribution in [1.29, 1.82) is 0 Å². The van der Waals surface area contributed by atoms with Crippen molar-refractivity contribution in [2.45, 2.75) is 26.0 Å². The Morgan fingerprint density at radius 2 is 1.92 bits per heavy atom. The molecule has 2 atom stereocenters. The van der Waals surface area contributed by atoms with Crippen LogP contribution in [0.5, 0.6) is 5.75 Å². The monoisotopic (exact) mass is 183 g/mol. The van der Waals surface area contributed by atoms with Crippen LogP contribution in [0.3, 0.4) is 0 Å². The third kappa shape index (κ3) is 2.70. The van der Waals surface area contributed by atoms with Crippen LogP contribution in [0.4, 0.5) is 4.39 Å². The first-order valence-corrected chi connectivity index (χ1v) is 4.28. The Morgan fingerprint density at radius 1 is 1.31 bits per heavy atom. The van der Waals surface area contributed by atoms with Gasteiger partial charge in [0.2, 0.25) is 0 Å². The maximum atomic E-state index is 13.0. The first-order valence-electron chi connectivity index (χ1n) is 4.28. The molecule has 0 aliphatic rings. The topological polar surface area (TPSA) is 35.2 Å². The summed E-state index contributed by atoms with van der Waals surface area (Å²) >= 11 is 0. The van der Waals surface area contributed by atoms with E-state index in [9.17, 15) is 4.39 Å². The Labute approximate surface area is 77.5 Å². The van der Waals surface area contributed by atoms with Gasteiger partial charge in [0.15, 0.2) is 11.6 Å². The molecular formula is C10H14FNO. The molecule has 1 rings (SSSR count). The molecule has 0 saturated heterocycles. The fraction of sp³-hybridized carbons (Fsp3) is 0.400. The Hall–Kier alpha value is -1.09. The molecule has 3 heteroatoms. The van der Waals surface area contributed by atoms with E-state index in [1.54, 1.807) is 18.2 Å². The third-order valence-corrected chi connectivity index (χ3v) is 1.89. The van der Waals surface area contributed by atoms with E-state index in [2.05, 4.69) is 0 Å². The normalized spacial score (nSPS) is 15.1. The van der Waals surface area contributed by atoms with E-state index in [1.165, 1.54) is 6.07 Å². The summed E-state index contributed by atoms with van der Waals surface area (Å²) in [4.78, 5) is 0. The van der Waals surface area contributed by atoms with E-state index in [0.29, 0.717) is 0 Å². The standard InChI is InChI=1S/C10H14FNO/c1-7(12)8(2)13-10-6-4-3-5-9(10)11/h3-8H,12H2,1-2H3/t7-,8+/m0/s1. The average molecular weight is 183 g/mol. The molecule has 0 fully saturated rings. The molecule has 0 radical (unpaired) electrons. The van der Waals surface area contributed by atoms with Crippen molar-refractivity contribution in [2.75, 3.05) is 0 Å². The van der Waals surface area contributed by atoms with Crippen LogP contribution in [0.2, 0.25) is 0 Å². The molecule has 13 heavy (non-hydrogen) atoms. The van der Waals surface area contributed by atoms with E-state index in [1.807, 2.05) is 13.8 Å². The summed E-state index contributed by atoms with van der Waals surface area (Å²) in [5.41, 5.74) is 5.59. The molecule has 2 N–H and O–H groups in total. The third-order valence-electron chi connectivity index (χ3n) is 1.89. The van der Waals surface area contributed by atoms with E-state index in [4.69, 9.17) is 10.5 Å². The molecule has 1 aromatic carbocycles. The van der Waals surface area contributed by atoms with Crippen molar-refractivity contribution in [2.24, 2.45) is 5.73 Å². The molecule has 0 aliphatic heterocycles. The molecule has 0 spiro atoms. The SMILES string of the molecule is C[C@H](N)[C@@H](C)Oc1ccccc1F. The summed E-state index contributed by atoms with van der Waals surface area (Å²) in [6, 6.07) is 6.20. The zero-order chi connectivity index (χ0) is 9.84. The van der Waals surface area contributed by atoms with Crippen LogP contribution in [0.25, 0.3) is 0 Å². The number of nitrogens with two attached hydrogens (primary N) is 1. The van der Waals surface area contributed by atoms with Gasteiger partial charge < -0.3 is 10.5 Å². The predicted molar refractivity (Wildman–Crippen MR) is 50.1 cm³/mol. The number of hydrogen-bond donors (Lipinski definition) is 1. The van der Waals surface area contributed by atoms with Gasteiger partial charge in [-0.05, 0) is 26.0 Å². The van der Waals surface area contributed by atoms with Crippen molar-refractivity contribution < 1.29 is 9.13 Å². The molecular weight excluding hydrogens is 169 g/mol. The quantitative estimate of drug-likeness (QED) is 0.777. The van der Waals surface area contributed by atoms with Crippen LogP contribution in [-0.2, 0) is 0 Å². The number of benzene rings is 1. The molecule has 0 aliphatic carbocycles. The smallest absolute Gasteiger partial charge is 0.165 e. The molecule has 0 aromatic heterocycles. The van der Waals surface area contributed by atoms with Gasteiger partial charge in [0.1, 0.15) is 6.10 Å². The van der Waals surface area contributed by atoms with E-state index in [0.717, 1.165) is 0 Å². The molecule has 0 saturated carbocycles. The zero-order valence-corrected chi connectivity index (χ0v) is 7.83. The molecule has 1 aromatic rings. The van der Waals surface area contributed by atoms with Crippen LogP contribution >= 0.6 is 0 Å². The van der Waals surface area contributed by atoms with Crippen molar-refractivity contribution in [1.82, 2.24) is 0 Å². The molecule has 2 nitrogen and oxygen atoms in total. The van der Waals surface area contributed by atoms with Crippen molar-refractivity contribution >= 4 is 0 Å². The van der Waals surface area contributed by atoms with Crippen LogP contribution in [0.1, 0.15) is 13.8 Å². The number of hydrogen-bond acceptors (Lipinski definition) is 2. The fourth-order valence-electron chi connectivity index (χ4n) is 0.848. The van der Waals surface area contributed by atoms with Crippen LogP contribution in [-0.4, -0.2) is 12.1 Å². The van der Waals surface area contributed by atoms with Crippen molar-refractivity contribution in [3.05, 3.63) is 30.1 Å². The zero-order valence-electron chi connectivity index (χ0n) is 7.83. The highest BCUT2D eigenvalue weighted by Crippen LogP contribution is 2.17. The fourth-order valence-corrected chi connectivity index (χ4v) is 0.848. The molecule has 0 unspecified atom stereocenters. The van der Waals surface area contributed by atoms with Gasteiger partial charge in [-0.25, -0.2) is 4.39 Å². The second-order valence-corrected chi connectivity index (χ2v) is 3.11. The maximum absolute atomic E-state index is 13.0. The van der Waals surface area contributed by atoms with Gasteiger partial charge >= 0.3 is 0 Å². The van der Waals surface area contributed by atoms with Crippen molar-refractivity contribution in [3.8, 4) is 5.75 Å². The van der Waals surface area contributed by atoms with Gasteiger partial charge in [-0.2, -0.15) is 0 Å². The minimum Gasteiger partial charge on any atom is -0.486 e. The van der Waals surface area contributed by atoms with Gasteiger partial charge in [-0.3, -0.25) is 0 Å². The summed E-state index contributed by atoms with van der Waals surface area (Å²) in [6.07, 6.45) is -0.183. The number of para-hydroxylation sites is 1. The van der Waals surface area contributed by atoms with Crippen molar-refractivity contribution in [3.63, 3.8) is 0 Å². The van der Waals surface area contributed by atoms with Crippen LogP contribution in [0, 0.1) is 5.82 Å². The number of ether oxygens (including phenoxy) is 1. The molecule has 0 heterocycles. The largest absolute Gasteiger partial charge is 0.486 e. The summed E-state index contributed by atoms with van der Waals surface area (Å²) in [5.74, 6) is -0.0951. The van der Waals surface area contributed by atoms with Crippen LogP contribution in [0.15, 0.2) is 24.3 Å². The predicted octanol–water partition coefficient (Wildman–Crippen LogP) is 1.94. The van der Waals surface area contributed by atoms with Crippen LogP contribution < -0.4 is 10.5 Å². The lowest BCUT2D eigenvalue weighted by molar-refractivity contribution is 0.188. The van der Waals surface area contributed by atoms with E-state index >= 15 is 0 Å². The minimum atomic E-state index is -0.352. The second-order valence-electron chi connectivity index (χ2n) is 3.11. The molecule has 0 amide bonds. The highest BCUT2D eigenvalue weighted by atomic mass is 19.1. The average Bonchev–Trinajstić information content (AvgIpc) is 2.08. The number of rotatable bonds is 3. The lowest BCUT2D eigenvalue weighted by Gasteiger charge is -2.18. The van der Waals surface area contributed by atoms with E-state index in [-0.39, 0.29) is 23.7 Å². The van der Waals surface area contributed by atoms with Gasteiger partial charge in [0.25, 0.3) is 0 Å². The van der Waals surface area contributed by atoms with Gasteiger partial charge in [0, 0.05) is 6.04 Å². The first kappa shape index (κ1) is 9.99. The minimum absolute atomic E-state index is 0.111. The first-order chi connectivity index (χ1) is 6.11. The molecule has 0 bridgehead atoms. The maximum Gasteiger partial charge on any atom is 0.165 e. The van der Waals surface area contributed by atoms with E-state index < -0.39 is 0 Å². The van der Waals surface area contributed by atoms with Gasteiger partial charge in [-0.15, -0.1) is 0 Å². The lowest BCUT2D eigenvalue weighted by Crippen LogP contribution is -2.33. The summed E-state index contributed by atoms with van der Waals surface area (Å²) < 4.78 is 18.4. The summed E-state index contributed by atoms with van der Waals surface area (Å²) in [7, 11) is 0. The Kier molecular flexibility index (Phi) is 3.25. The highest BCUT2D eigenvalue weighted by molar-refractivity contribution is 5.23. The van der Waals surface area contributed by atoms with Gasteiger partial charge in [-0.1, -0.05) is 12.1 Å². The Morgan fingerprint density at radius 3 is 2.46 bits per heavy atom. The van der Waals surface area contributed by atoms with Gasteiger partial charge in [0.05, 0.1) is 0 Å². The molecule has 72 valence electrons. The highest BCUT2D eigenvalue weighted by Gasteiger charge is 2.10. The summed E-state index contributed by atoms with van der Waals surface area (Å²) in [6.45, 7) is 3.64. The Balaban J connectivity index is 2.69. The lowest BCUT2D eigenvalue weighted by atomic mass is 10.2. The Bertz CT molecular complexity index is 275.